The molecule has 1 amide bonds. The summed E-state index contributed by atoms with van der Waals surface area (Å²) in [6, 6.07) is 4.01. The summed E-state index contributed by atoms with van der Waals surface area (Å²) in [6.07, 6.45) is 0. The Morgan fingerprint density at radius 3 is 2.70 bits per heavy atom. The van der Waals surface area contributed by atoms with Gasteiger partial charge < -0.3 is 14.2 Å². The summed E-state index contributed by atoms with van der Waals surface area (Å²) in [7, 11) is 0. The second kappa shape index (κ2) is 8.47. The van der Waals surface area contributed by atoms with Crippen molar-refractivity contribution in [1.29, 1.82) is 0 Å². The predicted octanol–water partition coefficient (Wildman–Crippen LogP) is 1.34. The average molecular weight is 391 g/mol. The molecule has 9 heteroatoms. The molecular formula is C18H25N5O3S. The lowest BCUT2D eigenvalue weighted by Crippen LogP contribution is -2.52. The highest BCUT2D eigenvalue weighted by atomic mass is 32.1. The fourth-order valence-corrected chi connectivity index (χ4v) is 4.13. The lowest BCUT2D eigenvalue weighted by atomic mass is 10.2. The maximum absolute atomic E-state index is 12.5. The van der Waals surface area contributed by atoms with Gasteiger partial charge in [0.15, 0.2) is 0 Å². The SMILES string of the molecule is CC(c1nc(-c2cccs2)no1)N1CCN(C(=O)CN2CCOCC2)CC1. The van der Waals surface area contributed by atoms with Crippen LogP contribution < -0.4 is 0 Å². The normalized spacial score (nSPS) is 20.7. The van der Waals surface area contributed by atoms with Crippen LogP contribution in [0.3, 0.4) is 0 Å². The number of ether oxygens (including phenoxy) is 1. The number of morpholine rings is 1. The zero-order valence-electron chi connectivity index (χ0n) is 15.5. The maximum atomic E-state index is 12.5. The summed E-state index contributed by atoms with van der Waals surface area (Å²) < 4.78 is 10.8. The quantitative estimate of drug-likeness (QED) is 0.761. The largest absolute Gasteiger partial charge is 0.379 e. The monoisotopic (exact) mass is 391 g/mol. The number of piperazine rings is 1. The van der Waals surface area contributed by atoms with Gasteiger partial charge in [-0.2, -0.15) is 4.98 Å². The van der Waals surface area contributed by atoms with E-state index in [9.17, 15) is 4.79 Å². The second-order valence-electron chi connectivity index (χ2n) is 6.91. The zero-order chi connectivity index (χ0) is 18.6. The minimum Gasteiger partial charge on any atom is -0.379 e. The number of nitrogens with zero attached hydrogens (tertiary/aromatic N) is 5. The Bertz CT molecular complexity index is 736. The molecule has 2 aromatic rings. The predicted molar refractivity (Wildman–Crippen MR) is 101 cm³/mol. The molecule has 1 atom stereocenters. The first-order valence-corrected chi connectivity index (χ1v) is 10.3. The molecular weight excluding hydrogens is 366 g/mol. The van der Waals surface area contributed by atoms with Crippen LogP contribution in [0.4, 0.5) is 0 Å². The molecule has 4 rings (SSSR count). The van der Waals surface area contributed by atoms with E-state index in [1.807, 2.05) is 22.4 Å². The second-order valence-corrected chi connectivity index (χ2v) is 7.86. The van der Waals surface area contributed by atoms with E-state index < -0.39 is 0 Å². The Balaban J connectivity index is 1.29. The van der Waals surface area contributed by atoms with Crippen molar-refractivity contribution in [3.05, 3.63) is 23.4 Å². The van der Waals surface area contributed by atoms with Crippen molar-refractivity contribution in [1.82, 2.24) is 24.8 Å². The minimum atomic E-state index is 0.0442. The smallest absolute Gasteiger partial charge is 0.244 e. The molecule has 2 aliphatic rings. The van der Waals surface area contributed by atoms with Gasteiger partial charge in [-0.1, -0.05) is 11.2 Å². The summed E-state index contributed by atoms with van der Waals surface area (Å²) in [5.41, 5.74) is 0. The fourth-order valence-electron chi connectivity index (χ4n) is 3.48. The Labute approximate surface area is 162 Å². The number of carbonyl (C=O) groups is 1. The molecule has 2 saturated heterocycles. The molecule has 146 valence electrons. The molecule has 2 fully saturated rings. The van der Waals surface area contributed by atoms with Crippen LogP contribution in [-0.4, -0.2) is 89.8 Å². The van der Waals surface area contributed by atoms with E-state index in [2.05, 4.69) is 26.9 Å². The number of rotatable bonds is 5. The van der Waals surface area contributed by atoms with E-state index in [-0.39, 0.29) is 11.9 Å². The topological polar surface area (TPSA) is 74.9 Å². The van der Waals surface area contributed by atoms with Crippen molar-refractivity contribution in [2.24, 2.45) is 0 Å². The molecule has 2 aromatic heterocycles. The number of hydrogen-bond acceptors (Lipinski definition) is 8. The van der Waals surface area contributed by atoms with Gasteiger partial charge in [-0.15, -0.1) is 11.3 Å². The first-order valence-electron chi connectivity index (χ1n) is 9.40. The molecule has 0 radical (unpaired) electrons. The molecule has 8 nitrogen and oxygen atoms in total. The highest BCUT2D eigenvalue weighted by Crippen LogP contribution is 2.25. The van der Waals surface area contributed by atoms with Crippen LogP contribution in [0.2, 0.25) is 0 Å². The number of aromatic nitrogens is 2. The standard InChI is InChI=1S/C18H25N5O3S/c1-14(18-19-17(20-26-18)15-3-2-12-27-15)22-4-6-23(7-5-22)16(24)13-21-8-10-25-11-9-21/h2-3,12,14H,4-11,13H2,1H3. The van der Waals surface area contributed by atoms with Gasteiger partial charge in [-0.05, 0) is 18.4 Å². The molecule has 0 bridgehead atoms. The van der Waals surface area contributed by atoms with Gasteiger partial charge >= 0.3 is 0 Å². The number of amides is 1. The van der Waals surface area contributed by atoms with Crippen molar-refractivity contribution < 1.29 is 14.1 Å². The van der Waals surface area contributed by atoms with E-state index in [1.165, 1.54) is 0 Å². The van der Waals surface area contributed by atoms with Gasteiger partial charge in [-0.25, -0.2) is 0 Å². The number of carbonyl (C=O) groups excluding carboxylic acids is 1. The van der Waals surface area contributed by atoms with Crippen LogP contribution in [-0.2, 0) is 9.53 Å². The van der Waals surface area contributed by atoms with Crippen molar-refractivity contribution in [2.75, 3.05) is 59.0 Å². The van der Waals surface area contributed by atoms with Gasteiger partial charge in [0, 0.05) is 39.3 Å². The van der Waals surface area contributed by atoms with E-state index in [0.717, 1.165) is 57.4 Å². The summed E-state index contributed by atoms with van der Waals surface area (Å²) in [5.74, 6) is 1.49. The van der Waals surface area contributed by atoms with Gasteiger partial charge in [-0.3, -0.25) is 14.6 Å². The summed E-state index contributed by atoms with van der Waals surface area (Å²) in [6.45, 7) is 8.79. The van der Waals surface area contributed by atoms with Crippen molar-refractivity contribution in [2.45, 2.75) is 13.0 Å². The molecule has 0 aliphatic carbocycles. The molecule has 0 spiro atoms. The van der Waals surface area contributed by atoms with Gasteiger partial charge in [0.25, 0.3) is 0 Å². The van der Waals surface area contributed by atoms with Crippen LogP contribution in [0, 0.1) is 0 Å². The molecule has 4 heterocycles. The highest BCUT2D eigenvalue weighted by Gasteiger charge is 2.28. The van der Waals surface area contributed by atoms with Crippen LogP contribution in [0.1, 0.15) is 18.9 Å². The molecule has 0 N–H and O–H groups in total. The van der Waals surface area contributed by atoms with Crippen molar-refractivity contribution in [3.8, 4) is 10.7 Å². The van der Waals surface area contributed by atoms with Crippen LogP contribution in [0.15, 0.2) is 22.0 Å². The van der Waals surface area contributed by atoms with Crippen molar-refractivity contribution >= 4 is 17.2 Å². The third-order valence-electron chi connectivity index (χ3n) is 5.22. The first-order chi connectivity index (χ1) is 13.2. The lowest BCUT2D eigenvalue weighted by Gasteiger charge is -2.38. The first kappa shape index (κ1) is 18.5. The van der Waals surface area contributed by atoms with Gasteiger partial charge in [0.05, 0.1) is 30.7 Å². The van der Waals surface area contributed by atoms with E-state index in [1.54, 1.807) is 11.3 Å². The Hall–Kier alpha value is -1.81. The van der Waals surface area contributed by atoms with Crippen LogP contribution in [0.5, 0.6) is 0 Å². The molecule has 2 aliphatic heterocycles. The lowest BCUT2D eigenvalue weighted by molar-refractivity contribution is -0.135. The van der Waals surface area contributed by atoms with E-state index in [0.29, 0.717) is 18.3 Å². The Morgan fingerprint density at radius 1 is 1.22 bits per heavy atom. The maximum Gasteiger partial charge on any atom is 0.244 e. The van der Waals surface area contributed by atoms with Gasteiger partial charge in [0.2, 0.25) is 17.6 Å². The third kappa shape index (κ3) is 4.37. The fraction of sp³-hybridized carbons (Fsp3) is 0.611. The summed E-state index contributed by atoms with van der Waals surface area (Å²) >= 11 is 1.60. The Kier molecular flexibility index (Phi) is 5.82. The summed E-state index contributed by atoms with van der Waals surface area (Å²) in [5, 5.41) is 6.10. The highest BCUT2D eigenvalue weighted by molar-refractivity contribution is 7.13. The van der Waals surface area contributed by atoms with Crippen molar-refractivity contribution in [3.63, 3.8) is 0 Å². The van der Waals surface area contributed by atoms with Crippen LogP contribution >= 0.6 is 11.3 Å². The molecule has 27 heavy (non-hydrogen) atoms. The van der Waals surface area contributed by atoms with Crippen LogP contribution in [0.25, 0.3) is 10.7 Å². The van der Waals surface area contributed by atoms with E-state index >= 15 is 0 Å². The Morgan fingerprint density at radius 2 is 2.00 bits per heavy atom. The minimum absolute atomic E-state index is 0.0442. The molecule has 0 aromatic carbocycles. The number of thiophene rings is 1. The van der Waals surface area contributed by atoms with E-state index in [4.69, 9.17) is 9.26 Å². The van der Waals surface area contributed by atoms with Gasteiger partial charge in [0.1, 0.15) is 0 Å². The summed E-state index contributed by atoms with van der Waals surface area (Å²) in [4.78, 5) is 24.5. The number of hydrogen-bond donors (Lipinski definition) is 0. The third-order valence-corrected chi connectivity index (χ3v) is 6.08. The average Bonchev–Trinajstić information content (AvgIpc) is 3.40. The zero-order valence-corrected chi connectivity index (χ0v) is 16.4. The molecule has 0 saturated carbocycles. The molecule has 1 unspecified atom stereocenters.